The summed E-state index contributed by atoms with van der Waals surface area (Å²) in [5, 5.41) is 0. The van der Waals surface area contributed by atoms with Gasteiger partial charge in [0, 0.05) is 0 Å². The van der Waals surface area contributed by atoms with Gasteiger partial charge in [-0.05, 0) is 0 Å². The summed E-state index contributed by atoms with van der Waals surface area (Å²) in [6, 6.07) is 0. The van der Waals surface area contributed by atoms with E-state index in [1.165, 1.54) is 43.5 Å². The molecule has 1 nitrogen and oxygen atoms in total. The molecule has 1 fully saturated rings. The Labute approximate surface area is 97.6 Å². The standard InChI is InChI=1S/C12H26N.Ga.H/c1-5-9-13(10-6-2,11-7-3)12-8-4;;/h1-2,5-12H2,3-4H3;;/q+1;;. The summed E-state index contributed by atoms with van der Waals surface area (Å²) in [4.78, 5) is 3.33. The first-order valence-corrected chi connectivity index (χ1v) is 10.9. The maximum atomic E-state index is 2.35. The first kappa shape index (κ1) is 12.7. The van der Waals surface area contributed by atoms with Crippen molar-refractivity contribution in [1.29, 1.82) is 0 Å². The normalized spacial score (nSPS) is 22.1. The number of rotatable bonds is 4. The molecule has 0 aromatic carbocycles. The monoisotopic (exact) mass is 254 g/mol. The average Bonchev–Trinajstić information content (AvgIpc) is 2.12. The van der Waals surface area contributed by atoms with E-state index in [2.05, 4.69) is 13.8 Å². The second kappa shape index (κ2) is 6.97. The quantitative estimate of drug-likeness (QED) is 0.535. The van der Waals surface area contributed by atoms with E-state index < -0.39 is 0 Å². The third-order valence-electron chi connectivity index (χ3n) is 3.66. The summed E-state index contributed by atoms with van der Waals surface area (Å²) in [6.45, 7) is 10.6. The van der Waals surface area contributed by atoms with Crippen LogP contribution in [0.25, 0.3) is 0 Å². The Kier molecular flexibility index (Phi) is 6.30. The predicted molar refractivity (Wildman–Crippen MR) is 66.3 cm³/mol. The van der Waals surface area contributed by atoms with Crippen molar-refractivity contribution in [3.05, 3.63) is 0 Å². The van der Waals surface area contributed by atoms with Crippen LogP contribution in [0.2, 0.25) is 9.95 Å². The van der Waals surface area contributed by atoms with Gasteiger partial charge in [0.25, 0.3) is 0 Å². The van der Waals surface area contributed by atoms with Gasteiger partial charge < -0.3 is 0 Å². The van der Waals surface area contributed by atoms with Crippen LogP contribution in [0.4, 0.5) is 0 Å². The first-order valence-electron chi connectivity index (χ1n) is 6.68. The molecular formula is C12H27GaN+. The predicted octanol–water partition coefficient (Wildman–Crippen LogP) is 2.69. The molecule has 1 aliphatic rings. The molecule has 0 aromatic rings. The molecule has 0 atom stereocenters. The zero-order valence-corrected chi connectivity index (χ0v) is 13.2. The Morgan fingerprint density at radius 2 is 1.43 bits per heavy atom. The van der Waals surface area contributed by atoms with Gasteiger partial charge in [0.05, 0.1) is 0 Å². The molecular weight excluding hydrogens is 228 g/mol. The van der Waals surface area contributed by atoms with Gasteiger partial charge >= 0.3 is 97.6 Å². The van der Waals surface area contributed by atoms with Crippen LogP contribution in [0.1, 0.15) is 39.5 Å². The van der Waals surface area contributed by atoms with Gasteiger partial charge in [0.1, 0.15) is 0 Å². The summed E-state index contributed by atoms with van der Waals surface area (Å²) in [5.74, 6) is 0. The zero-order valence-electron chi connectivity index (χ0n) is 10.2. The van der Waals surface area contributed by atoms with Crippen LogP contribution in [0.5, 0.6) is 0 Å². The van der Waals surface area contributed by atoms with Crippen molar-refractivity contribution in [2.24, 2.45) is 0 Å². The van der Waals surface area contributed by atoms with E-state index in [0.717, 1.165) is 0 Å². The van der Waals surface area contributed by atoms with Crippen LogP contribution in [0.15, 0.2) is 0 Å². The Hall–Kier alpha value is 0.596. The van der Waals surface area contributed by atoms with Gasteiger partial charge in [0.2, 0.25) is 0 Å². The molecule has 0 bridgehead atoms. The fourth-order valence-corrected chi connectivity index (χ4v) is 6.21. The van der Waals surface area contributed by atoms with E-state index in [-0.39, 0.29) is 17.4 Å². The molecule has 0 spiro atoms. The zero-order chi connectivity index (χ0) is 10.3. The van der Waals surface area contributed by atoms with Crippen LogP contribution in [0, 0.1) is 0 Å². The van der Waals surface area contributed by atoms with E-state index in [4.69, 9.17) is 0 Å². The summed E-state index contributed by atoms with van der Waals surface area (Å²) < 4.78 is 1.47. The Balaban J connectivity index is 2.50. The molecule has 0 aliphatic carbocycles. The molecule has 0 radical (unpaired) electrons. The van der Waals surface area contributed by atoms with Crippen LogP contribution < -0.4 is 0 Å². The van der Waals surface area contributed by atoms with Gasteiger partial charge in [-0.25, -0.2) is 0 Å². The first-order chi connectivity index (χ1) is 6.83. The maximum absolute atomic E-state index is 2.35. The molecule has 0 unspecified atom stereocenters. The van der Waals surface area contributed by atoms with Gasteiger partial charge in [0.15, 0.2) is 0 Å². The number of hydrogen-bond donors (Lipinski definition) is 0. The fourth-order valence-electron chi connectivity index (χ4n) is 3.04. The van der Waals surface area contributed by atoms with Crippen molar-refractivity contribution in [3.63, 3.8) is 0 Å². The van der Waals surface area contributed by atoms with Crippen molar-refractivity contribution in [3.8, 4) is 0 Å². The molecule has 0 saturated carbocycles. The summed E-state index contributed by atoms with van der Waals surface area (Å²) in [5.41, 5.74) is 0. The molecule has 1 aliphatic heterocycles. The molecule has 1 saturated heterocycles. The van der Waals surface area contributed by atoms with E-state index in [1.54, 1.807) is 22.8 Å². The minimum absolute atomic E-state index is 0.0268. The molecule has 82 valence electrons. The Morgan fingerprint density at radius 3 is 1.86 bits per heavy atom. The number of quaternary nitrogens is 1. The summed E-state index contributed by atoms with van der Waals surface area (Å²) in [6.07, 6.45) is 5.86. The molecule has 0 aromatic heterocycles. The molecule has 1 heterocycles. The van der Waals surface area contributed by atoms with Crippen molar-refractivity contribution in [2.75, 3.05) is 26.2 Å². The van der Waals surface area contributed by atoms with Gasteiger partial charge in [-0.15, -0.1) is 0 Å². The van der Waals surface area contributed by atoms with Gasteiger partial charge in [-0.1, -0.05) is 0 Å². The summed E-state index contributed by atoms with van der Waals surface area (Å²) in [7, 11) is 0. The molecule has 0 amide bonds. The van der Waals surface area contributed by atoms with Crippen molar-refractivity contribution < 1.29 is 4.48 Å². The Morgan fingerprint density at radius 1 is 0.929 bits per heavy atom. The number of hydrogen-bond acceptors (Lipinski definition) is 0. The van der Waals surface area contributed by atoms with E-state index in [9.17, 15) is 0 Å². The third-order valence-corrected chi connectivity index (χ3v) is 7.86. The van der Waals surface area contributed by atoms with Crippen LogP contribution in [-0.2, 0) is 0 Å². The van der Waals surface area contributed by atoms with Crippen LogP contribution in [-0.4, -0.2) is 48.1 Å². The minimum atomic E-state index is -0.0268. The topological polar surface area (TPSA) is 0 Å². The van der Waals surface area contributed by atoms with Crippen molar-refractivity contribution in [2.45, 2.75) is 49.5 Å². The molecule has 0 N–H and O–H groups in total. The second-order valence-electron chi connectivity index (χ2n) is 5.00. The van der Waals surface area contributed by atoms with Crippen molar-refractivity contribution >= 4 is 17.4 Å². The van der Waals surface area contributed by atoms with Gasteiger partial charge in [-0.3, -0.25) is 0 Å². The van der Waals surface area contributed by atoms with Crippen LogP contribution in [0.3, 0.4) is 0 Å². The molecule has 2 heteroatoms. The fraction of sp³-hybridized carbons (Fsp3) is 1.00. The average molecular weight is 255 g/mol. The van der Waals surface area contributed by atoms with Crippen molar-refractivity contribution in [1.82, 2.24) is 0 Å². The van der Waals surface area contributed by atoms with E-state index in [1.807, 2.05) is 0 Å². The third kappa shape index (κ3) is 3.99. The van der Waals surface area contributed by atoms with Crippen LogP contribution >= 0.6 is 0 Å². The molecule has 1 rings (SSSR count). The van der Waals surface area contributed by atoms with E-state index in [0.29, 0.717) is 0 Å². The second-order valence-corrected chi connectivity index (χ2v) is 9.45. The Bertz CT molecular complexity index is 131. The number of nitrogens with zero attached hydrogens (tertiary/aromatic N) is 1. The summed E-state index contributed by atoms with van der Waals surface area (Å²) >= 11 is -0.0268. The molecule has 14 heavy (non-hydrogen) atoms. The van der Waals surface area contributed by atoms with E-state index >= 15 is 0 Å². The van der Waals surface area contributed by atoms with Gasteiger partial charge in [-0.2, -0.15) is 0 Å². The SMILES string of the molecule is CCC[N+]1(CCC)CC[CH2][GaH][CH2]CC1.